The molecule has 2 N–H and O–H groups in total. The molecule has 224 valence electrons. The highest BCUT2D eigenvalue weighted by Crippen LogP contribution is 2.33. The summed E-state index contributed by atoms with van der Waals surface area (Å²) in [4.78, 5) is 13.2. The zero-order valence-corrected chi connectivity index (χ0v) is 25.6. The summed E-state index contributed by atoms with van der Waals surface area (Å²) in [5.41, 5.74) is 5.59. The first-order valence-electron chi connectivity index (χ1n) is 12.3. The molecule has 0 bridgehead atoms. The Morgan fingerprint density at radius 2 is 1.71 bits per heavy atom. The Kier molecular flexibility index (Phi) is 11.2. The topological polar surface area (TPSA) is 157 Å². The Bertz CT molecular complexity index is 1580. The molecule has 0 unspecified atom stereocenters. The Morgan fingerprint density at radius 1 is 1.10 bits per heavy atom. The highest BCUT2D eigenvalue weighted by atomic mass is 35.5. The number of amides is 1. The van der Waals surface area contributed by atoms with E-state index < -0.39 is 20.2 Å². The molecule has 0 saturated carbocycles. The van der Waals surface area contributed by atoms with Crippen molar-refractivity contribution in [3.8, 4) is 22.7 Å². The summed E-state index contributed by atoms with van der Waals surface area (Å²) < 4.78 is 62.0. The maximum Gasteiger partial charge on any atom is 0.309 e. The van der Waals surface area contributed by atoms with Gasteiger partial charge >= 0.3 is 10.1 Å². The van der Waals surface area contributed by atoms with Crippen LogP contribution < -0.4 is 9.61 Å². The van der Waals surface area contributed by atoms with Gasteiger partial charge in [-0.1, -0.05) is 30.1 Å². The lowest BCUT2D eigenvalue weighted by molar-refractivity contribution is 0.0124. The van der Waals surface area contributed by atoms with Gasteiger partial charge in [0.2, 0.25) is 0 Å². The van der Waals surface area contributed by atoms with Gasteiger partial charge in [0.15, 0.2) is 5.69 Å². The third-order valence-electron chi connectivity index (χ3n) is 5.55. The molecular formula is C25H30Cl2N4O8S2. The summed E-state index contributed by atoms with van der Waals surface area (Å²) in [5, 5.41) is 7.23. The van der Waals surface area contributed by atoms with Crippen molar-refractivity contribution in [2.45, 2.75) is 20.3 Å². The molecule has 16 heteroatoms. The number of morpholine rings is 1. The lowest BCUT2D eigenvalue weighted by Crippen LogP contribution is -2.48. The number of aromatic nitrogens is 2. The van der Waals surface area contributed by atoms with E-state index in [1.165, 1.54) is 0 Å². The molecule has 3 aromatic rings. The normalized spacial score (nSPS) is 14.2. The summed E-state index contributed by atoms with van der Waals surface area (Å²) in [6, 6.07) is 11.6. The molecule has 2 heterocycles. The largest absolute Gasteiger partial charge is 0.382 e. The van der Waals surface area contributed by atoms with E-state index >= 15 is 0 Å². The molecule has 0 atom stereocenters. The van der Waals surface area contributed by atoms with Gasteiger partial charge in [0, 0.05) is 29.2 Å². The summed E-state index contributed by atoms with van der Waals surface area (Å²) in [7, 11) is -7.33. The number of benzene rings is 2. The van der Waals surface area contributed by atoms with Gasteiger partial charge in [-0.05, 0) is 55.8 Å². The molecule has 4 rings (SSSR count). The van der Waals surface area contributed by atoms with Crippen molar-refractivity contribution in [2.24, 2.45) is 0 Å². The van der Waals surface area contributed by atoms with Crippen LogP contribution in [0.3, 0.4) is 0 Å². The fourth-order valence-corrected chi connectivity index (χ4v) is 5.33. The van der Waals surface area contributed by atoms with E-state index in [1.807, 2.05) is 0 Å². The van der Waals surface area contributed by atoms with Gasteiger partial charge < -0.3 is 8.92 Å². The predicted molar refractivity (Wildman–Crippen MR) is 156 cm³/mol. The van der Waals surface area contributed by atoms with E-state index in [0.29, 0.717) is 71.5 Å². The number of carbonyl (C=O) groups excluding carboxylic acids is 1. The number of hydrazine groups is 1. The second-order valence-electron chi connectivity index (χ2n) is 8.97. The Morgan fingerprint density at radius 3 is 2.27 bits per heavy atom. The van der Waals surface area contributed by atoms with Gasteiger partial charge in [0.05, 0.1) is 41.6 Å². The minimum atomic E-state index is -3.67. The van der Waals surface area contributed by atoms with E-state index in [1.54, 1.807) is 66.0 Å². The van der Waals surface area contributed by atoms with Crippen molar-refractivity contribution in [3.05, 3.63) is 63.8 Å². The maximum absolute atomic E-state index is 13.2. The predicted octanol–water partition coefficient (Wildman–Crippen LogP) is 3.75. The van der Waals surface area contributed by atoms with Crippen LogP contribution in [0.15, 0.2) is 42.5 Å². The van der Waals surface area contributed by atoms with Gasteiger partial charge in [-0.25, -0.2) is 9.69 Å². The minimum Gasteiger partial charge on any atom is -0.382 e. The summed E-state index contributed by atoms with van der Waals surface area (Å²) >= 11 is 12.6. The van der Waals surface area contributed by atoms with Crippen LogP contribution in [-0.4, -0.2) is 80.4 Å². The van der Waals surface area contributed by atoms with Crippen LogP contribution in [0, 0.1) is 6.92 Å². The van der Waals surface area contributed by atoms with Crippen LogP contribution in [0.4, 0.5) is 0 Å². The fraction of sp³-hybridized carbons (Fsp3) is 0.360. The van der Waals surface area contributed by atoms with Crippen molar-refractivity contribution >= 4 is 49.3 Å². The third kappa shape index (κ3) is 9.67. The van der Waals surface area contributed by atoms with Gasteiger partial charge in [-0.2, -0.15) is 21.9 Å². The average molecular weight is 650 g/mol. The van der Waals surface area contributed by atoms with Crippen LogP contribution >= 0.6 is 23.2 Å². The third-order valence-corrected chi connectivity index (χ3v) is 7.44. The van der Waals surface area contributed by atoms with Gasteiger partial charge in [0.25, 0.3) is 16.0 Å². The maximum atomic E-state index is 13.2. The SMILES string of the molecule is CCCS(=O)(=O)Oc1ccc(-c2c(C)c(C(=O)NN3CCOCC3)nn2-c2ccc(Cl)cc2Cl)cc1.CS(=O)(=O)O. The lowest BCUT2D eigenvalue weighted by atomic mass is 10.1. The second-order valence-corrected chi connectivity index (χ2v) is 13.0. The zero-order valence-electron chi connectivity index (χ0n) is 22.5. The van der Waals surface area contributed by atoms with Crippen LogP contribution in [0.2, 0.25) is 10.0 Å². The average Bonchev–Trinajstić information content (AvgIpc) is 3.20. The molecule has 41 heavy (non-hydrogen) atoms. The molecule has 0 radical (unpaired) electrons. The summed E-state index contributed by atoms with van der Waals surface area (Å²) in [6.07, 6.45) is 1.17. The Balaban J connectivity index is 0.000000850. The Hall–Kier alpha value is -2.72. The van der Waals surface area contributed by atoms with Gasteiger partial charge in [-0.15, -0.1) is 0 Å². The minimum absolute atomic E-state index is 0.0721. The van der Waals surface area contributed by atoms with Crippen molar-refractivity contribution in [1.29, 1.82) is 0 Å². The van der Waals surface area contributed by atoms with Crippen molar-refractivity contribution in [2.75, 3.05) is 38.3 Å². The van der Waals surface area contributed by atoms with Crippen LogP contribution in [0.25, 0.3) is 16.9 Å². The monoisotopic (exact) mass is 648 g/mol. The van der Waals surface area contributed by atoms with Gasteiger partial charge in [-0.3, -0.25) is 14.8 Å². The smallest absolute Gasteiger partial charge is 0.309 e. The zero-order chi connectivity index (χ0) is 30.4. The number of nitrogens with zero attached hydrogens (tertiary/aromatic N) is 3. The number of hydrogen-bond donors (Lipinski definition) is 2. The first-order valence-corrected chi connectivity index (χ1v) is 16.5. The molecule has 1 saturated heterocycles. The number of hydrogen-bond acceptors (Lipinski definition) is 9. The van der Waals surface area contributed by atoms with Crippen LogP contribution in [0.1, 0.15) is 29.4 Å². The molecular weight excluding hydrogens is 619 g/mol. The van der Waals surface area contributed by atoms with Crippen molar-refractivity contribution < 1.29 is 35.1 Å². The van der Waals surface area contributed by atoms with E-state index in [2.05, 4.69) is 10.5 Å². The van der Waals surface area contributed by atoms with E-state index in [9.17, 15) is 21.6 Å². The van der Waals surface area contributed by atoms with E-state index in [-0.39, 0.29) is 23.1 Å². The lowest BCUT2D eigenvalue weighted by Gasteiger charge is -2.26. The molecule has 1 fully saturated rings. The molecule has 2 aromatic carbocycles. The van der Waals surface area contributed by atoms with E-state index in [4.69, 9.17) is 36.7 Å². The summed E-state index contributed by atoms with van der Waals surface area (Å²) in [5.74, 6) is -0.229. The molecule has 1 aliphatic heterocycles. The molecule has 1 aromatic heterocycles. The standard InChI is InChI=1S/C24H26Cl2N4O5S.CH4O3S/c1-3-14-36(32,33)35-19-7-4-17(5-8-19)23-16(2)22(24(31)28-29-10-12-34-13-11-29)27-30(23)21-9-6-18(25)15-20(21)26;1-5(2,3)4/h4-9,15H,3,10-14H2,1-2H3,(H,28,31);1H3,(H,2,3,4). The highest BCUT2D eigenvalue weighted by molar-refractivity contribution is 7.87. The van der Waals surface area contributed by atoms with Crippen molar-refractivity contribution in [1.82, 2.24) is 20.2 Å². The first kappa shape index (κ1) is 32.8. The first-order chi connectivity index (χ1) is 19.2. The Labute approximate surface area is 249 Å². The number of ether oxygens (including phenoxy) is 1. The quantitative estimate of drug-likeness (QED) is 0.272. The highest BCUT2D eigenvalue weighted by Gasteiger charge is 2.25. The molecule has 1 amide bonds. The van der Waals surface area contributed by atoms with Gasteiger partial charge in [0.1, 0.15) is 5.75 Å². The van der Waals surface area contributed by atoms with Crippen LogP contribution in [-0.2, 0) is 25.0 Å². The number of carbonyl (C=O) groups is 1. The second kappa shape index (κ2) is 14.0. The number of halogens is 2. The molecule has 0 aliphatic carbocycles. The molecule has 1 aliphatic rings. The van der Waals surface area contributed by atoms with Crippen molar-refractivity contribution in [3.63, 3.8) is 0 Å². The number of rotatable bonds is 8. The molecule has 0 spiro atoms. The summed E-state index contributed by atoms with van der Waals surface area (Å²) in [6.45, 7) is 5.77. The van der Waals surface area contributed by atoms with E-state index in [0.717, 1.165) is 0 Å². The molecule has 12 nitrogen and oxygen atoms in total. The number of nitrogens with one attached hydrogen (secondary N) is 1. The van der Waals surface area contributed by atoms with Crippen LogP contribution in [0.5, 0.6) is 5.75 Å². The fourth-order valence-electron chi connectivity index (χ4n) is 3.86.